The molecule has 0 bridgehead atoms. The maximum Gasteiger partial charge on any atom is 0.0596 e. The Balaban J connectivity index is 1.65. The number of rotatable bonds is 7. The molecule has 1 N–H and O–H groups in total. The summed E-state index contributed by atoms with van der Waals surface area (Å²) in [5.74, 6) is 0.855. The molecule has 1 aromatic heterocycles. The average molecular weight is 264 g/mol. The number of hydrogen-bond donors (Lipinski definition) is 1. The van der Waals surface area contributed by atoms with Crippen molar-refractivity contribution in [3.8, 4) is 0 Å². The van der Waals surface area contributed by atoms with E-state index in [0.29, 0.717) is 0 Å². The van der Waals surface area contributed by atoms with Gasteiger partial charge in [-0.25, -0.2) is 0 Å². The summed E-state index contributed by atoms with van der Waals surface area (Å²) in [5.41, 5.74) is 2.41. The predicted octanol–water partition coefficient (Wildman–Crippen LogP) is 1.82. The number of aryl methyl sites for hydroxylation is 3. The van der Waals surface area contributed by atoms with Gasteiger partial charge in [-0.1, -0.05) is 6.92 Å². The van der Waals surface area contributed by atoms with E-state index in [0.717, 1.165) is 24.7 Å². The number of aromatic nitrogens is 2. The molecule has 4 heteroatoms. The van der Waals surface area contributed by atoms with Crippen LogP contribution in [0.2, 0.25) is 0 Å². The zero-order valence-corrected chi connectivity index (χ0v) is 12.7. The highest BCUT2D eigenvalue weighted by molar-refractivity contribution is 5.06. The molecular weight excluding hydrogens is 236 g/mol. The lowest BCUT2D eigenvalue weighted by Gasteiger charge is -2.16. The van der Waals surface area contributed by atoms with Gasteiger partial charge in [-0.3, -0.25) is 4.68 Å². The molecule has 0 saturated carbocycles. The van der Waals surface area contributed by atoms with Gasteiger partial charge in [-0.15, -0.1) is 0 Å². The van der Waals surface area contributed by atoms with E-state index in [9.17, 15) is 0 Å². The van der Waals surface area contributed by atoms with Gasteiger partial charge in [0.05, 0.1) is 5.69 Å². The van der Waals surface area contributed by atoms with Gasteiger partial charge in [0.25, 0.3) is 0 Å². The van der Waals surface area contributed by atoms with Crippen LogP contribution in [0.3, 0.4) is 0 Å². The van der Waals surface area contributed by atoms with Crippen molar-refractivity contribution in [1.82, 2.24) is 20.0 Å². The molecular formula is C15H28N4. The van der Waals surface area contributed by atoms with Crippen LogP contribution >= 0.6 is 0 Å². The van der Waals surface area contributed by atoms with Gasteiger partial charge in [-0.2, -0.15) is 5.10 Å². The Kier molecular flexibility index (Phi) is 5.40. The summed E-state index contributed by atoms with van der Waals surface area (Å²) in [5, 5.41) is 7.98. The third-order valence-corrected chi connectivity index (χ3v) is 4.00. The standard InChI is InChI=1S/C15H28N4/c1-4-16-11-15-6-9-18(12-15)7-5-8-19-14(3)10-13(2)17-19/h10,15-16H,4-9,11-12H2,1-3H3. The molecule has 108 valence electrons. The van der Waals surface area contributed by atoms with Crippen LogP contribution in [0.4, 0.5) is 0 Å². The van der Waals surface area contributed by atoms with E-state index in [1.54, 1.807) is 0 Å². The number of hydrogen-bond acceptors (Lipinski definition) is 3. The Bertz CT molecular complexity index is 385. The molecule has 1 atom stereocenters. The van der Waals surface area contributed by atoms with Crippen molar-refractivity contribution in [3.05, 3.63) is 17.5 Å². The highest BCUT2D eigenvalue weighted by Gasteiger charge is 2.21. The second-order valence-electron chi connectivity index (χ2n) is 5.77. The molecule has 1 aromatic rings. The summed E-state index contributed by atoms with van der Waals surface area (Å²) in [7, 11) is 0. The maximum atomic E-state index is 4.52. The van der Waals surface area contributed by atoms with E-state index in [4.69, 9.17) is 0 Å². The summed E-state index contributed by atoms with van der Waals surface area (Å²) >= 11 is 0. The Hall–Kier alpha value is -0.870. The molecule has 0 aromatic carbocycles. The van der Waals surface area contributed by atoms with E-state index in [2.05, 4.69) is 46.8 Å². The predicted molar refractivity (Wildman–Crippen MR) is 79.4 cm³/mol. The van der Waals surface area contributed by atoms with Crippen LogP contribution in [0, 0.1) is 19.8 Å². The minimum absolute atomic E-state index is 0.855. The summed E-state index contributed by atoms with van der Waals surface area (Å²) in [6.45, 7) is 13.5. The van der Waals surface area contributed by atoms with E-state index >= 15 is 0 Å². The molecule has 19 heavy (non-hydrogen) atoms. The summed E-state index contributed by atoms with van der Waals surface area (Å²) in [6, 6.07) is 2.16. The van der Waals surface area contributed by atoms with Gasteiger partial charge in [0, 0.05) is 18.8 Å². The first-order valence-electron chi connectivity index (χ1n) is 7.63. The van der Waals surface area contributed by atoms with Crippen molar-refractivity contribution in [2.24, 2.45) is 5.92 Å². The fourth-order valence-electron chi connectivity index (χ4n) is 2.98. The first-order valence-corrected chi connectivity index (χ1v) is 7.63. The average Bonchev–Trinajstić information content (AvgIpc) is 2.94. The zero-order valence-electron chi connectivity index (χ0n) is 12.7. The second-order valence-corrected chi connectivity index (χ2v) is 5.77. The Morgan fingerprint density at radius 1 is 1.37 bits per heavy atom. The topological polar surface area (TPSA) is 33.1 Å². The molecule has 0 spiro atoms. The van der Waals surface area contributed by atoms with Crippen LogP contribution in [-0.4, -0.2) is 47.4 Å². The quantitative estimate of drug-likeness (QED) is 0.815. The van der Waals surface area contributed by atoms with Crippen LogP contribution < -0.4 is 5.32 Å². The van der Waals surface area contributed by atoms with Gasteiger partial charge in [-0.05, 0) is 64.9 Å². The largest absolute Gasteiger partial charge is 0.317 e. The first-order chi connectivity index (χ1) is 9.19. The summed E-state index contributed by atoms with van der Waals surface area (Å²) in [4.78, 5) is 2.60. The number of nitrogens with one attached hydrogen (secondary N) is 1. The first kappa shape index (κ1) is 14.5. The number of nitrogens with zero attached hydrogens (tertiary/aromatic N) is 3. The molecule has 1 saturated heterocycles. The van der Waals surface area contributed by atoms with E-state index in [-0.39, 0.29) is 0 Å². The van der Waals surface area contributed by atoms with Crippen molar-refractivity contribution < 1.29 is 0 Å². The smallest absolute Gasteiger partial charge is 0.0596 e. The monoisotopic (exact) mass is 264 g/mol. The fourth-order valence-corrected chi connectivity index (χ4v) is 2.98. The van der Waals surface area contributed by atoms with Gasteiger partial charge >= 0.3 is 0 Å². The highest BCUT2D eigenvalue weighted by atomic mass is 15.3. The van der Waals surface area contributed by atoms with Crippen LogP contribution in [0.25, 0.3) is 0 Å². The lowest BCUT2D eigenvalue weighted by molar-refractivity contribution is 0.307. The van der Waals surface area contributed by atoms with Crippen LogP contribution in [-0.2, 0) is 6.54 Å². The van der Waals surface area contributed by atoms with Gasteiger partial charge in [0.15, 0.2) is 0 Å². The minimum atomic E-state index is 0.855. The van der Waals surface area contributed by atoms with Crippen LogP contribution in [0.5, 0.6) is 0 Å². The molecule has 0 aliphatic carbocycles. The minimum Gasteiger partial charge on any atom is -0.317 e. The molecule has 1 aliphatic rings. The second kappa shape index (κ2) is 7.06. The van der Waals surface area contributed by atoms with Gasteiger partial charge in [0.1, 0.15) is 0 Å². The lowest BCUT2D eigenvalue weighted by Crippen LogP contribution is -2.27. The molecule has 4 nitrogen and oxygen atoms in total. The summed E-state index contributed by atoms with van der Waals surface area (Å²) < 4.78 is 2.14. The van der Waals surface area contributed by atoms with Crippen molar-refractivity contribution in [2.45, 2.75) is 40.2 Å². The van der Waals surface area contributed by atoms with E-state index in [1.165, 1.54) is 44.7 Å². The molecule has 2 rings (SSSR count). The molecule has 1 fully saturated rings. The van der Waals surface area contributed by atoms with Gasteiger partial charge in [0.2, 0.25) is 0 Å². The maximum absolute atomic E-state index is 4.52. The third kappa shape index (κ3) is 4.32. The van der Waals surface area contributed by atoms with Crippen LogP contribution in [0.1, 0.15) is 31.2 Å². The SMILES string of the molecule is CCNCC1CCN(CCCn2nc(C)cc2C)C1. The zero-order chi connectivity index (χ0) is 13.7. The fraction of sp³-hybridized carbons (Fsp3) is 0.800. The molecule has 0 amide bonds. The molecule has 1 aliphatic heterocycles. The number of likely N-dealkylation sites (tertiary alicyclic amines) is 1. The van der Waals surface area contributed by atoms with Crippen molar-refractivity contribution >= 4 is 0 Å². The van der Waals surface area contributed by atoms with E-state index in [1.807, 2.05) is 0 Å². The molecule has 1 unspecified atom stereocenters. The Morgan fingerprint density at radius 2 is 2.21 bits per heavy atom. The normalized spacial score (nSPS) is 20.3. The Labute approximate surface area is 117 Å². The summed E-state index contributed by atoms with van der Waals surface area (Å²) in [6.07, 6.45) is 2.56. The molecule has 2 heterocycles. The Morgan fingerprint density at radius 3 is 2.89 bits per heavy atom. The van der Waals surface area contributed by atoms with Crippen LogP contribution in [0.15, 0.2) is 6.07 Å². The van der Waals surface area contributed by atoms with Crippen molar-refractivity contribution in [1.29, 1.82) is 0 Å². The van der Waals surface area contributed by atoms with E-state index < -0.39 is 0 Å². The van der Waals surface area contributed by atoms with Crippen molar-refractivity contribution in [3.63, 3.8) is 0 Å². The third-order valence-electron chi connectivity index (χ3n) is 4.00. The highest BCUT2D eigenvalue weighted by Crippen LogP contribution is 2.15. The molecule has 0 radical (unpaired) electrons. The van der Waals surface area contributed by atoms with Crippen molar-refractivity contribution in [2.75, 3.05) is 32.7 Å². The lowest BCUT2D eigenvalue weighted by atomic mass is 10.1. The van der Waals surface area contributed by atoms with Gasteiger partial charge < -0.3 is 10.2 Å².